The Bertz CT molecular complexity index is 618. The molecule has 0 saturated carbocycles. The molecule has 1 heterocycles. The van der Waals surface area contributed by atoms with E-state index in [1.54, 1.807) is 0 Å². The van der Waals surface area contributed by atoms with Gasteiger partial charge in [-0.05, 0) is 18.4 Å². The number of unbranched alkanes of at least 4 members (excludes halogenated alkanes) is 3. The van der Waals surface area contributed by atoms with E-state index >= 15 is 0 Å². The van der Waals surface area contributed by atoms with Crippen molar-refractivity contribution in [2.45, 2.75) is 51.5 Å². The van der Waals surface area contributed by atoms with E-state index in [1.165, 1.54) is 0 Å². The number of nitrogens with one attached hydrogen (secondary N) is 2. The third-order valence-electron chi connectivity index (χ3n) is 4.63. The number of benzene rings is 1. The van der Waals surface area contributed by atoms with Crippen LogP contribution in [0, 0.1) is 0 Å². The van der Waals surface area contributed by atoms with Gasteiger partial charge in [-0.1, -0.05) is 63.4 Å². The Kier molecular flexibility index (Phi) is 6.56. The zero-order chi connectivity index (χ0) is 18.3. The molecule has 1 aromatic rings. The van der Waals surface area contributed by atoms with Gasteiger partial charge in [-0.15, -0.1) is 0 Å². The fraction of sp³-hybridized carbons (Fsp3) is 0.526. The number of imide groups is 1. The maximum absolute atomic E-state index is 12.9. The standard InChI is InChI=1S/C19H27N3O3/c1-3-5-6-10-13-20-16(23)14-22-17(24)19(4-2,21-18(22)25)15-11-8-7-9-12-15/h7-9,11-12H,3-6,10,13-14H2,1-2H3,(H,20,23)(H,21,25). The van der Waals surface area contributed by atoms with E-state index in [4.69, 9.17) is 0 Å². The molecule has 1 saturated heterocycles. The highest BCUT2D eigenvalue weighted by molar-refractivity contribution is 6.09. The van der Waals surface area contributed by atoms with Gasteiger partial charge in [0.15, 0.2) is 0 Å². The molecule has 6 heteroatoms. The first-order valence-corrected chi connectivity index (χ1v) is 9.01. The summed E-state index contributed by atoms with van der Waals surface area (Å²) in [5.74, 6) is -0.674. The van der Waals surface area contributed by atoms with Gasteiger partial charge in [-0.25, -0.2) is 4.79 Å². The Labute approximate surface area is 149 Å². The Morgan fingerprint density at radius 3 is 2.48 bits per heavy atom. The lowest BCUT2D eigenvalue weighted by Crippen LogP contribution is -2.44. The van der Waals surface area contributed by atoms with E-state index in [2.05, 4.69) is 17.6 Å². The average molecular weight is 345 g/mol. The highest BCUT2D eigenvalue weighted by Crippen LogP contribution is 2.32. The summed E-state index contributed by atoms with van der Waals surface area (Å²) >= 11 is 0. The first-order valence-electron chi connectivity index (χ1n) is 9.01. The van der Waals surface area contributed by atoms with Crippen molar-refractivity contribution in [1.29, 1.82) is 0 Å². The SMILES string of the molecule is CCCCCCNC(=O)CN1C(=O)NC(CC)(c2ccccc2)C1=O. The van der Waals surface area contributed by atoms with E-state index in [0.717, 1.165) is 36.1 Å². The van der Waals surface area contributed by atoms with Gasteiger partial charge in [-0.3, -0.25) is 14.5 Å². The van der Waals surface area contributed by atoms with Crippen LogP contribution in [0.1, 0.15) is 51.5 Å². The van der Waals surface area contributed by atoms with Crippen LogP contribution in [0.5, 0.6) is 0 Å². The van der Waals surface area contributed by atoms with Crippen LogP contribution >= 0.6 is 0 Å². The van der Waals surface area contributed by atoms with Crippen molar-refractivity contribution < 1.29 is 14.4 Å². The summed E-state index contributed by atoms with van der Waals surface area (Å²) < 4.78 is 0. The van der Waals surface area contributed by atoms with Crippen LogP contribution in [0.25, 0.3) is 0 Å². The number of urea groups is 1. The molecule has 0 radical (unpaired) electrons. The number of amides is 4. The zero-order valence-corrected chi connectivity index (χ0v) is 15.0. The molecule has 25 heavy (non-hydrogen) atoms. The van der Waals surface area contributed by atoms with Gasteiger partial charge in [0.25, 0.3) is 5.91 Å². The summed E-state index contributed by atoms with van der Waals surface area (Å²) in [4.78, 5) is 38.3. The summed E-state index contributed by atoms with van der Waals surface area (Å²) in [5.41, 5.74) is -0.349. The largest absolute Gasteiger partial charge is 0.355 e. The van der Waals surface area contributed by atoms with Gasteiger partial charge in [-0.2, -0.15) is 0 Å². The molecule has 6 nitrogen and oxygen atoms in total. The van der Waals surface area contributed by atoms with Crippen molar-refractivity contribution in [3.05, 3.63) is 35.9 Å². The molecule has 0 spiro atoms. The normalized spacial score (nSPS) is 19.8. The molecule has 1 aromatic carbocycles. The smallest absolute Gasteiger partial charge is 0.325 e. The Balaban J connectivity index is 2.00. The predicted octanol–water partition coefficient (Wildman–Crippen LogP) is 2.54. The van der Waals surface area contributed by atoms with E-state index in [-0.39, 0.29) is 18.4 Å². The van der Waals surface area contributed by atoms with Gasteiger partial charge in [0.05, 0.1) is 0 Å². The topological polar surface area (TPSA) is 78.5 Å². The highest BCUT2D eigenvalue weighted by Gasteiger charge is 2.51. The predicted molar refractivity (Wildman–Crippen MR) is 95.8 cm³/mol. The number of rotatable bonds is 9. The van der Waals surface area contributed by atoms with E-state index < -0.39 is 11.6 Å². The molecule has 0 bridgehead atoms. The number of nitrogens with zero attached hydrogens (tertiary/aromatic N) is 1. The molecular weight excluding hydrogens is 318 g/mol. The van der Waals surface area contributed by atoms with Crippen LogP contribution in [0.2, 0.25) is 0 Å². The van der Waals surface area contributed by atoms with Crippen LogP contribution in [0.15, 0.2) is 30.3 Å². The van der Waals surface area contributed by atoms with Crippen molar-refractivity contribution in [2.75, 3.05) is 13.1 Å². The minimum atomic E-state index is -1.08. The average Bonchev–Trinajstić information content (AvgIpc) is 2.87. The Morgan fingerprint density at radius 2 is 1.84 bits per heavy atom. The molecule has 136 valence electrons. The number of carbonyl (C=O) groups is 3. The third kappa shape index (κ3) is 4.18. The molecule has 1 atom stereocenters. The minimum absolute atomic E-state index is 0.243. The van der Waals surface area contributed by atoms with Crippen molar-refractivity contribution >= 4 is 17.8 Å². The molecule has 1 unspecified atom stereocenters. The van der Waals surface area contributed by atoms with Crippen molar-refractivity contribution in [3.8, 4) is 0 Å². The molecule has 2 N–H and O–H groups in total. The van der Waals surface area contributed by atoms with Crippen LogP contribution in [-0.2, 0) is 15.1 Å². The number of carbonyl (C=O) groups excluding carboxylic acids is 3. The summed E-state index contributed by atoms with van der Waals surface area (Å²) in [7, 11) is 0. The van der Waals surface area contributed by atoms with Gasteiger partial charge in [0.2, 0.25) is 5.91 Å². The molecule has 1 aliphatic rings. The van der Waals surface area contributed by atoms with Gasteiger partial charge < -0.3 is 10.6 Å². The lowest BCUT2D eigenvalue weighted by Gasteiger charge is -2.25. The van der Waals surface area contributed by atoms with Gasteiger partial charge >= 0.3 is 6.03 Å². The molecule has 0 aromatic heterocycles. The number of hydrogen-bond donors (Lipinski definition) is 2. The summed E-state index contributed by atoms with van der Waals surface area (Å²) in [6.07, 6.45) is 4.67. The van der Waals surface area contributed by atoms with Crippen molar-refractivity contribution in [2.24, 2.45) is 0 Å². The summed E-state index contributed by atoms with van der Waals surface area (Å²) in [5, 5.41) is 5.56. The molecule has 4 amide bonds. The van der Waals surface area contributed by atoms with Gasteiger partial charge in [0, 0.05) is 6.54 Å². The monoisotopic (exact) mass is 345 g/mol. The second kappa shape index (κ2) is 8.65. The molecule has 2 rings (SSSR count). The van der Waals surface area contributed by atoms with Crippen molar-refractivity contribution in [3.63, 3.8) is 0 Å². The highest BCUT2D eigenvalue weighted by atomic mass is 16.2. The van der Waals surface area contributed by atoms with Gasteiger partial charge in [0.1, 0.15) is 12.1 Å². The first-order chi connectivity index (χ1) is 12.0. The van der Waals surface area contributed by atoms with Crippen molar-refractivity contribution in [1.82, 2.24) is 15.5 Å². The first kappa shape index (κ1) is 19.0. The quantitative estimate of drug-likeness (QED) is 0.533. The fourth-order valence-corrected chi connectivity index (χ4v) is 3.11. The summed E-state index contributed by atoms with van der Waals surface area (Å²) in [6, 6.07) is 8.64. The van der Waals surface area contributed by atoms with Crippen LogP contribution in [0.4, 0.5) is 4.79 Å². The zero-order valence-electron chi connectivity index (χ0n) is 15.0. The van der Waals surface area contributed by atoms with Crippen LogP contribution in [-0.4, -0.2) is 35.8 Å². The maximum atomic E-state index is 12.9. The minimum Gasteiger partial charge on any atom is -0.355 e. The molecule has 0 aliphatic carbocycles. The summed E-state index contributed by atoms with van der Waals surface area (Å²) in [6.45, 7) is 4.30. The lowest BCUT2D eigenvalue weighted by atomic mass is 9.87. The Hall–Kier alpha value is -2.37. The van der Waals surface area contributed by atoms with E-state index in [0.29, 0.717) is 13.0 Å². The maximum Gasteiger partial charge on any atom is 0.325 e. The Morgan fingerprint density at radius 1 is 1.12 bits per heavy atom. The third-order valence-corrected chi connectivity index (χ3v) is 4.63. The molecule has 1 fully saturated rings. The molecule has 1 aliphatic heterocycles. The van der Waals surface area contributed by atoms with Crippen LogP contribution in [0.3, 0.4) is 0 Å². The second-order valence-electron chi connectivity index (χ2n) is 6.36. The second-order valence-corrected chi connectivity index (χ2v) is 6.36. The molecular formula is C19H27N3O3. The van der Waals surface area contributed by atoms with E-state index in [1.807, 2.05) is 37.3 Å². The lowest BCUT2D eigenvalue weighted by molar-refractivity contribution is -0.135. The van der Waals surface area contributed by atoms with Crippen LogP contribution < -0.4 is 10.6 Å². The number of hydrogen-bond acceptors (Lipinski definition) is 3. The fourth-order valence-electron chi connectivity index (χ4n) is 3.11. The van der Waals surface area contributed by atoms with E-state index in [9.17, 15) is 14.4 Å².